The lowest BCUT2D eigenvalue weighted by molar-refractivity contribution is -0.119. The zero-order valence-corrected chi connectivity index (χ0v) is 9.35. The van der Waals surface area contributed by atoms with Crippen molar-refractivity contribution >= 4 is 17.5 Å². The van der Waals surface area contributed by atoms with Gasteiger partial charge in [0.2, 0.25) is 0 Å². The van der Waals surface area contributed by atoms with Crippen LogP contribution in [0, 0.1) is 0 Å². The zero-order chi connectivity index (χ0) is 12.5. The van der Waals surface area contributed by atoms with Crippen LogP contribution in [0.3, 0.4) is 0 Å². The Labute approximate surface area is 103 Å². The number of amides is 2. The van der Waals surface area contributed by atoms with Gasteiger partial charge in [0.1, 0.15) is 0 Å². The first-order valence-corrected chi connectivity index (χ1v) is 5.42. The van der Waals surface area contributed by atoms with Crippen LogP contribution >= 0.6 is 0 Å². The normalized spacial score (nSPS) is 14.6. The van der Waals surface area contributed by atoms with E-state index in [1.54, 1.807) is 10.9 Å². The number of carbonyl (C=O) groups is 2. The Hall–Kier alpha value is -2.69. The maximum absolute atomic E-state index is 11.5. The number of aromatic nitrogens is 2. The van der Waals surface area contributed by atoms with Crippen LogP contribution < -0.4 is 4.90 Å². The summed E-state index contributed by atoms with van der Waals surface area (Å²) in [5.74, 6) is -0.680. The SMILES string of the molecule is O=C1C=CC(=O)N1c1cnn(-c2ccccc2)c1. The van der Waals surface area contributed by atoms with Crippen molar-refractivity contribution in [2.45, 2.75) is 0 Å². The quantitative estimate of drug-likeness (QED) is 0.742. The number of imide groups is 1. The van der Waals surface area contributed by atoms with E-state index in [0.29, 0.717) is 5.69 Å². The molecule has 1 aromatic carbocycles. The minimum atomic E-state index is -0.340. The Morgan fingerprint density at radius 1 is 0.889 bits per heavy atom. The molecule has 0 aliphatic carbocycles. The molecule has 5 nitrogen and oxygen atoms in total. The number of carbonyl (C=O) groups excluding carboxylic acids is 2. The van der Waals surface area contributed by atoms with Gasteiger partial charge in [0.25, 0.3) is 11.8 Å². The van der Waals surface area contributed by atoms with Crippen molar-refractivity contribution in [3.63, 3.8) is 0 Å². The van der Waals surface area contributed by atoms with Gasteiger partial charge in [-0.05, 0) is 12.1 Å². The number of rotatable bonds is 2. The molecule has 0 fully saturated rings. The molecule has 1 aliphatic rings. The largest absolute Gasteiger partial charge is 0.269 e. The van der Waals surface area contributed by atoms with Gasteiger partial charge in [-0.1, -0.05) is 18.2 Å². The Morgan fingerprint density at radius 2 is 1.56 bits per heavy atom. The summed E-state index contributed by atoms with van der Waals surface area (Å²) in [4.78, 5) is 24.1. The van der Waals surface area contributed by atoms with Crippen molar-refractivity contribution in [1.29, 1.82) is 0 Å². The molecule has 1 aromatic heterocycles. The molecule has 0 N–H and O–H groups in total. The van der Waals surface area contributed by atoms with Gasteiger partial charge in [-0.3, -0.25) is 9.59 Å². The molecule has 0 saturated carbocycles. The molecular formula is C13H9N3O2. The molecule has 18 heavy (non-hydrogen) atoms. The lowest BCUT2D eigenvalue weighted by Gasteiger charge is -2.09. The third-order valence-electron chi connectivity index (χ3n) is 2.66. The van der Waals surface area contributed by atoms with E-state index in [9.17, 15) is 9.59 Å². The molecule has 0 unspecified atom stereocenters. The summed E-state index contributed by atoms with van der Waals surface area (Å²) in [5, 5.41) is 4.14. The number of hydrogen-bond donors (Lipinski definition) is 0. The highest BCUT2D eigenvalue weighted by atomic mass is 16.2. The molecule has 2 heterocycles. The smallest absolute Gasteiger partial charge is 0.258 e. The van der Waals surface area contributed by atoms with E-state index in [-0.39, 0.29) is 11.8 Å². The van der Waals surface area contributed by atoms with E-state index in [0.717, 1.165) is 10.6 Å². The Kier molecular flexibility index (Phi) is 2.30. The van der Waals surface area contributed by atoms with Crippen molar-refractivity contribution in [1.82, 2.24) is 9.78 Å². The Bertz CT molecular complexity index is 625. The predicted molar refractivity (Wildman–Crippen MR) is 65.2 cm³/mol. The number of nitrogens with zero attached hydrogens (tertiary/aromatic N) is 3. The summed E-state index contributed by atoms with van der Waals surface area (Å²) in [7, 11) is 0. The van der Waals surface area contributed by atoms with E-state index in [1.807, 2.05) is 30.3 Å². The van der Waals surface area contributed by atoms with Crippen molar-refractivity contribution in [3.8, 4) is 5.69 Å². The average Bonchev–Trinajstić information content (AvgIpc) is 2.98. The van der Waals surface area contributed by atoms with Crippen LogP contribution in [-0.2, 0) is 9.59 Å². The lowest BCUT2D eigenvalue weighted by Crippen LogP contribution is -2.29. The highest BCUT2D eigenvalue weighted by Gasteiger charge is 2.26. The molecule has 2 amide bonds. The highest BCUT2D eigenvalue weighted by Crippen LogP contribution is 2.19. The van der Waals surface area contributed by atoms with Crippen molar-refractivity contribution in [3.05, 3.63) is 54.9 Å². The second kappa shape index (κ2) is 3.96. The summed E-state index contributed by atoms with van der Waals surface area (Å²) in [6, 6.07) is 9.48. The summed E-state index contributed by atoms with van der Waals surface area (Å²) in [6.45, 7) is 0. The first-order chi connectivity index (χ1) is 8.75. The van der Waals surface area contributed by atoms with Gasteiger partial charge in [-0.25, -0.2) is 9.58 Å². The minimum absolute atomic E-state index is 0.340. The third-order valence-corrected chi connectivity index (χ3v) is 2.66. The standard InChI is InChI=1S/C13H9N3O2/c17-12-6-7-13(18)16(12)11-8-14-15(9-11)10-4-2-1-3-5-10/h1-9H. The molecule has 0 bridgehead atoms. The van der Waals surface area contributed by atoms with Gasteiger partial charge in [0, 0.05) is 12.2 Å². The lowest BCUT2D eigenvalue weighted by atomic mass is 10.3. The number of anilines is 1. The fraction of sp³-hybridized carbons (Fsp3) is 0. The monoisotopic (exact) mass is 239 g/mol. The fourth-order valence-corrected chi connectivity index (χ4v) is 1.81. The van der Waals surface area contributed by atoms with Crippen LogP contribution in [0.1, 0.15) is 0 Å². The van der Waals surface area contributed by atoms with Crippen molar-refractivity contribution in [2.75, 3.05) is 4.90 Å². The van der Waals surface area contributed by atoms with E-state index >= 15 is 0 Å². The first kappa shape index (κ1) is 10.5. The highest BCUT2D eigenvalue weighted by molar-refractivity contribution is 6.28. The van der Waals surface area contributed by atoms with E-state index in [2.05, 4.69) is 5.10 Å². The van der Waals surface area contributed by atoms with Gasteiger partial charge in [-0.15, -0.1) is 0 Å². The molecule has 1 aliphatic heterocycles. The summed E-state index contributed by atoms with van der Waals surface area (Å²) in [5.41, 5.74) is 1.34. The Morgan fingerprint density at radius 3 is 2.22 bits per heavy atom. The van der Waals surface area contributed by atoms with Crippen molar-refractivity contribution < 1.29 is 9.59 Å². The topological polar surface area (TPSA) is 55.2 Å². The van der Waals surface area contributed by atoms with Gasteiger partial charge in [0.15, 0.2) is 0 Å². The summed E-state index contributed by atoms with van der Waals surface area (Å²) < 4.78 is 1.62. The number of benzene rings is 1. The second-order valence-electron chi connectivity index (χ2n) is 3.82. The van der Waals surface area contributed by atoms with Crippen molar-refractivity contribution in [2.24, 2.45) is 0 Å². The molecule has 88 valence electrons. The van der Waals surface area contributed by atoms with Crippen LogP contribution in [0.25, 0.3) is 5.69 Å². The average molecular weight is 239 g/mol. The molecule has 2 aromatic rings. The minimum Gasteiger partial charge on any atom is -0.269 e. The number of hydrogen-bond acceptors (Lipinski definition) is 3. The van der Waals surface area contributed by atoms with E-state index in [4.69, 9.17) is 0 Å². The molecule has 0 spiro atoms. The van der Waals surface area contributed by atoms with E-state index in [1.165, 1.54) is 18.3 Å². The van der Waals surface area contributed by atoms with Crippen LogP contribution in [0.4, 0.5) is 5.69 Å². The van der Waals surface area contributed by atoms with E-state index < -0.39 is 0 Å². The molecule has 0 radical (unpaired) electrons. The second-order valence-corrected chi connectivity index (χ2v) is 3.82. The predicted octanol–water partition coefficient (Wildman–Crippen LogP) is 1.30. The number of para-hydroxylation sites is 1. The maximum atomic E-state index is 11.5. The van der Waals surface area contributed by atoms with Crippen LogP contribution in [0.2, 0.25) is 0 Å². The van der Waals surface area contributed by atoms with Crippen LogP contribution in [-0.4, -0.2) is 21.6 Å². The zero-order valence-electron chi connectivity index (χ0n) is 9.35. The molecular weight excluding hydrogens is 230 g/mol. The van der Waals surface area contributed by atoms with Gasteiger partial charge < -0.3 is 0 Å². The fourth-order valence-electron chi connectivity index (χ4n) is 1.81. The van der Waals surface area contributed by atoms with Crippen LogP contribution in [0.15, 0.2) is 54.9 Å². The third kappa shape index (κ3) is 1.62. The van der Waals surface area contributed by atoms with Gasteiger partial charge in [-0.2, -0.15) is 5.10 Å². The van der Waals surface area contributed by atoms with Gasteiger partial charge >= 0.3 is 0 Å². The Balaban J connectivity index is 1.96. The molecule has 0 saturated heterocycles. The first-order valence-electron chi connectivity index (χ1n) is 5.42. The molecule has 5 heteroatoms. The summed E-state index contributed by atoms with van der Waals surface area (Å²) >= 11 is 0. The molecule has 3 rings (SSSR count). The van der Waals surface area contributed by atoms with Gasteiger partial charge in [0.05, 0.1) is 23.8 Å². The maximum Gasteiger partial charge on any atom is 0.258 e. The van der Waals surface area contributed by atoms with Crippen LogP contribution in [0.5, 0.6) is 0 Å². The summed E-state index contributed by atoms with van der Waals surface area (Å²) in [6.07, 6.45) is 5.65. The molecule has 0 atom stereocenters.